The van der Waals surface area contributed by atoms with Crippen molar-refractivity contribution in [3.63, 3.8) is 0 Å². The van der Waals surface area contributed by atoms with E-state index in [0.717, 1.165) is 5.56 Å². The average Bonchev–Trinajstić information content (AvgIpc) is 3.20. The van der Waals surface area contributed by atoms with E-state index in [1.165, 1.54) is 0 Å². The molecule has 0 unspecified atom stereocenters. The molecule has 1 N–H and O–H groups in total. The van der Waals surface area contributed by atoms with Crippen LogP contribution in [0.3, 0.4) is 0 Å². The Hall–Kier alpha value is -3.06. The molecule has 0 bridgehead atoms. The molecule has 168 valence electrons. The third-order valence-electron chi connectivity index (χ3n) is 5.53. The van der Waals surface area contributed by atoms with Crippen molar-refractivity contribution in [2.24, 2.45) is 0 Å². The highest BCUT2D eigenvalue weighted by atomic mass is 35.5. The maximum atomic E-state index is 12.4. The summed E-state index contributed by atoms with van der Waals surface area (Å²) < 4.78 is 16.8. The molecular formula is C24H26ClN3O4. The molecule has 8 heteroatoms. The molecule has 1 aromatic heterocycles. The Balaban J connectivity index is 1.27. The predicted molar refractivity (Wildman–Crippen MR) is 120 cm³/mol. The van der Waals surface area contributed by atoms with Crippen molar-refractivity contribution >= 4 is 17.5 Å². The zero-order valence-electron chi connectivity index (χ0n) is 18.4. The summed E-state index contributed by atoms with van der Waals surface area (Å²) >= 11 is 5.88. The van der Waals surface area contributed by atoms with Gasteiger partial charge in [-0.1, -0.05) is 35.8 Å². The Morgan fingerprint density at radius 2 is 1.88 bits per heavy atom. The number of nitrogens with zero attached hydrogens (tertiary/aromatic N) is 2. The summed E-state index contributed by atoms with van der Waals surface area (Å²) in [7, 11) is 0. The fourth-order valence-corrected chi connectivity index (χ4v) is 4.50. The smallest absolute Gasteiger partial charge is 0.258 e. The number of hydrogen-bond acceptors (Lipinski definition) is 6. The summed E-state index contributed by atoms with van der Waals surface area (Å²) in [4.78, 5) is 16.9. The van der Waals surface area contributed by atoms with Gasteiger partial charge in [0.05, 0.1) is 5.41 Å². The van der Waals surface area contributed by atoms with Crippen LogP contribution in [0.15, 0.2) is 53.1 Å². The van der Waals surface area contributed by atoms with Gasteiger partial charge < -0.3 is 19.3 Å². The first-order valence-corrected chi connectivity index (χ1v) is 10.8. The number of hydrogen-bond donors (Lipinski definition) is 1. The van der Waals surface area contributed by atoms with Crippen LogP contribution in [-0.2, 0) is 16.8 Å². The Morgan fingerprint density at radius 3 is 2.59 bits per heavy atom. The van der Waals surface area contributed by atoms with Crippen LogP contribution in [0.2, 0.25) is 5.02 Å². The van der Waals surface area contributed by atoms with E-state index in [1.807, 2.05) is 38.1 Å². The fourth-order valence-electron chi connectivity index (χ4n) is 4.37. The third kappa shape index (κ3) is 5.22. The van der Waals surface area contributed by atoms with Crippen LogP contribution in [0, 0.1) is 6.92 Å². The van der Waals surface area contributed by atoms with Gasteiger partial charge in [0.25, 0.3) is 5.91 Å². The van der Waals surface area contributed by atoms with Crippen molar-refractivity contribution in [3.8, 4) is 11.5 Å². The van der Waals surface area contributed by atoms with Gasteiger partial charge in [0, 0.05) is 10.6 Å². The summed E-state index contributed by atoms with van der Waals surface area (Å²) in [6, 6.07) is 14.7. The largest absolute Gasteiger partial charge is 0.485 e. The van der Waals surface area contributed by atoms with Crippen molar-refractivity contribution in [1.82, 2.24) is 15.5 Å². The van der Waals surface area contributed by atoms with Crippen LogP contribution < -0.4 is 14.8 Å². The average molecular weight is 456 g/mol. The van der Waals surface area contributed by atoms with Crippen LogP contribution in [0.5, 0.6) is 11.5 Å². The van der Waals surface area contributed by atoms with Crippen molar-refractivity contribution < 1.29 is 18.8 Å². The number of aromatic nitrogens is 2. The highest BCUT2D eigenvalue weighted by Crippen LogP contribution is 2.49. The van der Waals surface area contributed by atoms with Gasteiger partial charge in [-0.15, -0.1) is 0 Å². The molecule has 4 rings (SSSR count). The van der Waals surface area contributed by atoms with Crippen LogP contribution in [0.25, 0.3) is 0 Å². The normalized spacial score (nSPS) is 22.1. The van der Waals surface area contributed by atoms with E-state index in [1.54, 1.807) is 24.3 Å². The first-order valence-electron chi connectivity index (χ1n) is 10.5. The van der Waals surface area contributed by atoms with E-state index in [0.29, 0.717) is 41.1 Å². The number of carbonyl (C=O) groups is 1. The quantitative estimate of drug-likeness (QED) is 0.533. The van der Waals surface area contributed by atoms with Gasteiger partial charge in [-0.25, -0.2) is 0 Å². The number of nitrogens with one attached hydrogen (secondary N) is 1. The molecule has 1 heterocycles. The van der Waals surface area contributed by atoms with E-state index in [9.17, 15) is 4.79 Å². The number of carbonyl (C=O) groups excluding carboxylic acids is 1. The fraction of sp³-hybridized carbons (Fsp3) is 0.375. The molecule has 7 nitrogen and oxygen atoms in total. The Kier molecular flexibility index (Phi) is 6.11. The maximum absolute atomic E-state index is 12.4. The lowest BCUT2D eigenvalue weighted by atomic mass is 9.59. The van der Waals surface area contributed by atoms with Crippen LogP contribution in [0.1, 0.15) is 44.0 Å². The monoisotopic (exact) mass is 455 g/mol. The van der Waals surface area contributed by atoms with Crippen molar-refractivity contribution in [1.29, 1.82) is 0 Å². The van der Waals surface area contributed by atoms with Crippen LogP contribution >= 0.6 is 11.6 Å². The lowest BCUT2D eigenvalue weighted by molar-refractivity contribution is -0.127. The van der Waals surface area contributed by atoms with Crippen LogP contribution in [-0.4, -0.2) is 28.2 Å². The Bertz CT molecular complexity index is 1090. The van der Waals surface area contributed by atoms with E-state index in [2.05, 4.69) is 22.4 Å². The summed E-state index contributed by atoms with van der Waals surface area (Å²) in [6.45, 7) is 6.23. The molecule has 1 fully saturated rings. The van der Waals surface area contributed by atoms with Gasteiger partial charge in [0.15, 0.2) is 13.2 Å². The van der Waals surface area contributed by atoms with Crippen molar-refractivity contribution in [3.05, 3.63) is 70.8 Å². The number of halogens is 1. The molecule has 1 aliphatic carbocycles. The molecule has 2 aromatic carbocycles. The second-order valence-corrected chi connectivity index (χ2v) is 9.32. The second-order valence-electron chi connectivity index (χ2n) is 8.89. The summed E-state index contributed by atoms with van der Waals surface area (Å²) in [5, 5.41) is 7.75. The SMILES string of the molecule is Cc1cccc(OCC(=O)NC2(C)CC(C)(c3nc(COc4ccc(Cl)cc4)no3)C2)c1. The summed E-state index contributed by atoms with van der Waals surface area (Å²) in [5.74, 6) is 2.23. The summed E-state index contributed by atoms with van der Waals surface area (Å²) in [5.41, 5.74) is 0.434. The van der Waals surface area contributed by atoms with E-state index < -0.39 is 0 Å². The maximum Gasteiger partial charge on any atom is 0.258 e. The molecule has 0 radical (unpaired) electrons. The Labute approximate surface area is 192 Å². The predicted octanol–water partition coefficient (Wildman–Crippen LogP) is 4.62. The molecule has 0 spiro atoms. The van der Waals surface area contributed by atoms with Gasteiger partial charge in [-0.05, 0) is 68.7 Å². The van der Waals surface area contributed by atoms with Crippen LogP contribution in [0.4, 0.5) is 0 Å². The van der Waals surface area contributed by atoms with Crippen molar-refractivity contribution in [2.45, 2.75) is 51.2 Å². The standard InChI is InChI=1S/C24H26ClN3O4/c1-16-5-4-6-19(11-16)31-13-21(29)27-24(3)14-23(2,15-24)22-26-20(28-32-22)12-30-18-9-7-17(25)8-10-18/h4-11H,12-15H2,1-3H3,(H,27,29). The molecule has 1 amide bonds. The topological polar surface area (TPSA) is 86.5 Å². The third-order valence-corrected chi connectivity index (χ3v) is 5.78. The summed E-state index contributed by atoms with van der Waals surface area (Å²) in [6.07, 6.45) is 1.38. The number of rotatable bonds is 8. The molecule has 32 heavy (non-hydrogen) atoms. The van der Waals surface area contributed by atoms with E-state index in [4.69, 9.17) is 25.6 Å². The number of amides is 1. The molecule has 0 atom stereocenters. The number of ether oxygens (including phenoxy) is 2. The van der Waals surface area contributed by atoms with Gasteiger partial charge in [0.2, 0.25) is 11.7 Å². The number of aryl methyl sites for hydroxylation is 1. The molecule has 0 saturated heterocycles. The highest BCUT2D eigenvalue weighted by Gasteiger charge is 2.53. The molecule has 1 saturated carbocycles. The minimum absolute atomic E-state index is 0.0253. The molecular weight excluding hydrogens is 430 g/mol. The zero-order valence-corrected chi connectivity index (χ0v) is 19.1. The minimum atomic E-state index is -0.351. The second kappa shape index (κ2) is 8.82. The van der Waals surface area contributed by atoms with Gasteiger partial charge in [0.1, 0.15) is 11.5 Å². The zero-order chi connectivity index (χ0) is 22.8. The van der Waals surface area contributed by atoms with E-state index >= 15 is 0 Å². The van der Waals surface area contributed by atoms with Gasteiger partial charge >= 0.3 is 0 Å². The Morgan fingerprint density at radius 1 is 1.12 bits per heavy atom. The first-order chi connectivity index (χ1) is 15.2. The number of benzene rings is 2. The lowest BCUT2D eigenvalue weighted by Crippen LogP contribution is -2.61. The highest BCUT2D eigenvalue weighted by molar-refractivity contribution is 6.30. The lowest BCUT2D eigenvalue weighted by Gasteiger charge is -2.51. The van der Waals surface area contributed by atoms with E-state index in [-0.39, 0.29) is 30.1 Å². The molecule has 0 aliphatic heterocycles. The van der Waals surface area contributed by atoms with Crippen molar-refractivity contribution in [2.75, 3.05) is 6.61 Å². The van der Waals surface area contributed by atoms with Gasteiger partial charge in [-0.3, -0.25) is 4.79 Å². The molecule has 1 aliphatic rings. The minimum Gasteiger partial charge on any atom is -0.485 e. The van der Waals surface area contributed by atoms with Gasteiger partial charge in [-0.2, -0.15) is 4.98 Å². The first kappa shape index (κ1) is 22.1. The molecule has 3 aromatic rings.